The molecule has 3 heterocycles. The lowest BCUT2D eigenvalue weighted by atomic mass is 9.94. The first-order valence-corrected chi connectivity index (χ1v) is 13.9. The summed E-state index contributed by atoms with van der Waals surface area (Å²) in [5.41, 5.74) is 0.649. The Morgan fingerprint density at radius 1 is 1.10 bits per heavy atom. The molecule has 1 N–H and O–H groups in total. The quantitative estimate of drug-likeness (QED) is 0.139. The Labute approximate surface area is 242 Å². The van der Waals surface area contributed by atoms with Crippen molar-refractivity contribution in [3.05, 3.63) is 88.3 Å². The summed E-state index contributed by atoms with van der Waals surface area (Å²) in [5.74, 6) is -1.03. The molecule has 212 valence electrons. The molecule has 0 spiro atoms. The number of ketones is 1. The minimum absolute atomic E-state index is 0.0467. The summed E-state index contributed by atoms with van der Waals surface area (Å²) < 4.78 is 36.5. The number of aliphatic hydroxyl groups excluding tert-OH is 1. The van der Waals surface area contributed by atoms with Crippen LogP contribution in [-0.2, 0) is 10.5 Å². The van der Waals surface area contributed by atoms with Crippen molar-refractivity contribution in [3.8, 4) is 17.2 Å². The van der Waals surface area contributed by atoms with Gasteiger partial charge in [0.15, 0.2) is 27.4 Å². The van der Waals surface area contributed by atoms with Crippen molar-refractivity contribution >= 4 is 39.9 Å². The Kier molecular flexibility index (Phi) is 7.99. The van der Waals surface area contributed by atoms with Gasteiger partial charge in [0, 0.05) is 5.75 Å². The second kappa shape index (κ2) is 11.6. The van der Waals surface area contributed by atoms with Crippen LogP contribution in [0.3, 0.4) is 0 Å². The van der Waals surface area contributed by atoms with Gasteiger partial charge in [-0.2, -0.15) is 0 Å². The number of methoxy groups -OCH3 is 3. The molecule has 10 nitrogen and oxygen atoms in total. The fraction of sp³-hybridized carbons (Fsp3) is 0.214. The molecule has 1 aliphatic rings. The van der Waals surface area contributed by atoms with E-state index in [9.17, 15) is 19.1 Å². The number of hydrogen-bond donors (Lipinski definition) is 1. The highest BCUT2D eigenvalue weighted by Gasteiger charge is 2.47. The SMILES string of the molecule is COc1cc(C2C(C(=O)c3ccc(C)o3)=C(O)C(=O)N2c2nnc(SCc3ccccc3F)s2)cc(OC)c1OC. The average Bonchev–Trinajstić information content (AvgIpc) is 3.69. The Morgan fingerprint density at radius 2 is 1.80 bits per heavy atom. The van der Waals surface area contributed by atoms with Crippen molar-refractivity contribution in [1.82, 2.24) is 10.2 Å². The summed E-state index contributed by atoms with van der Waals surface area (Å²) in [4.78, 5) is 28.4. The lowest BCUT2D eigenvalue weighted by Gasteiger charge is -2.25. The molecular formula is C28H24FN3O7S2. The zero-order valence-corrected chi connectivity index (χ0v) is 24.0. The van der Waals surface area contributed by atoms with Gasteiger partial charge in [-0.1, -0.05) is 41.3 Å². The summed E-state index contributed by atoms with van der Waals surface area (Å²) in [6.07, 6.45) is 0. The minimum Gasteiger partial charge on any atom is -0.503 e. The minimum atomic E-state index is -1.15. The van der Waals surface area contributed by atoms with Crippen LogP contribution in [0.2, 0.25) is 0 Å². The number of carbonyl (C=O) groups is 2. The van der Waals surface area contributed by atoms with E-state index in [1.807, 2.05) is 0 Å². The Balaban J connectivity index is 1.58. The summed E-state index contributed by atoms with van der Waals surface area (Å²) in [6, 6.07) is 11.5. The Morgan fingerprint density at radius 3 is 2.41 bits per heavy atom. The first-order chi connectivity index (χ1) is 19.8. The normalized spacial score (nSPS) is 15.0. The third-order valence-corrected chi connectivity index (χ3v) is 8.44. The van der Waals surface area contributed by atoms with E-state index in [1.54, 1.807) is 43.3 Å². The van der Waals surface area contributed by atoms with Crippen LogP contribution < -0.4 is 19.1 Å². The molecule has 1 aliphatic heterocycles. The third kappa shape index (κ3) is 5.25. The zero-order chi connectivity index (χ0) is 29.3. The lowest BCUT2D eigenvalue weighted by Crippen LogP contribution is -2.31. The number of rotatable bonds is 10. The predicted octanol–water partition coefficient (Wildman–Crippen LogP) is 5.68. The second-order valence-electron chi connectivity index (χ2n) is 8.77. The molecule has 5 rings (SSSR count). The molecule has 0 radical (unpaired) electrons. The number of aromatic nitrogens is 2. The van der Waals surface area contributed by atoms with Gasteiger partial charge in [-0.15, -0.1) is 10.2 Å². The summed E-state index contributed by atoms with van der Waals surface area (Å²) >= 11 is 2.31. The standard InChI is InChI=1S/C28H24FN3O7S2/c1-14-9-10-18(39-14)23(33)21-22(16-11-19(36-2)25(38-4)20(12-16)37-3)32(26(35)24(21)34)27-30-31-28(41-27)40-13-15-7-5-6-8-17(15)29/h5-12,22,34H,13H2,1-4H3. The van der Waals surface area contributed by atoms with E-state index in [4.69, 9.17) is 18.6 Å². The maximum atomic E-state index is 14.1. The molecule has 1 atom stereocenters. The average molecular weight is 598 g/mol. The molecular weight excluding hydrogens is 573 g/mol. The van der Waals surface area contributed by atoms with Gasteiger partial charge >= 0.3 is 0 Å². The highest BCUT2D eigenvalue weighted by Crippen LogP contribution is 2.48. The summed E-state index contributed by atoms with van der Waals surface area (Å²) in [6.45, 7) is 1.68. The molecule has 1 amide bonds. The monoisotopic (exact) mass is 597 g/mol. The molecule has 0 saturated carbocycles. The number of ether oxygens (including phenoxy) is 3. The zero-order valence-electron chi connectivity index (χ0n) is 22.3. The van der Waals surface area contributed by atoms with Crippen LogP contribution in [-0.4, -0.2) is 48.3 Å². The topological polar surface area (TPSA) is 124 Å². The van der Waals surface area contributed by atoms with Gasteiger partial charge in [-0.05, 0) is 48.4 Å². The number of amides is 1. The number of furan rings is 1. The first kappa shape index (κ1) is 28.2. The fourth-order valence-electron chi connectivity index (χ4n) is 4.41. The van der Waals surface area contributed by atoms with Gasteiger partial charge in [0.25, 0.3) is 5.91 Å². The van der Waals surface area contributed by atoms with E-state index >= 15 is 0 Å². The van der Waals surface area contributed by atoms with Gasteiger partial charge in [0.1, 0.15) is 11.6 Å². The number of nitrogens with zero attached hydrogens (tertiary/aromatic N) is 3. The van der Waals surface area contributed by atoms with Crippen molar-refractivity contribution < 1.29 is 37.7 Å². The molecule has 0 saturated heterocycles. The largest absolute Gasteiger partial charge is 0.503 e. The summed E-state index contributed by atoms with van der Waals surface area (Å²) in [7, 11) is 4.33. The number of aliphatic hydroxyl groups is 1. The van der Waals surface area contributed by atoms with Crippen LogP contribution >= 0.6 is 23.1 Å². The van der Waals surface area contributed by atoms with Crippen LogP contribution in [0.4, 0.5) is 9.52 Å². The van der Waals surface area contributed by atoms with Crippen molar-refractivity contribution in [2.45, 2.75) is 23.1 Å². The Hall–Kier alpha value is -4.36. The molecule has 0 aliphatic carbocycles. The van der Waals surface area contributed by atoms with E-state index in [1.165, 1.54) is 50.1 Å². The van der Waals surface area contributed by atoms with E-state index in [-0.39, 0.29) is 39.5 Å². The van der Waals surface area contributed by atoms with E-state index in [0.29, 0.717) is 27.0 Å². The number of benzene rings is 2. The molecule has 4 aromatic rings. The maximum absolute atomic E-state index is 14.1. The van der Waals surface area contributed by atoms with Crippen molar-refractivity contribution in [3.63, 3.8) is 0 Å². The van der Waals surface area contributed by atoms with E-state index < -0.39 is 23.5 Å². The number of halogens is 1. The van der Waals surface area contributed by atoms with Gasteiger partial charge < -0.3 is 23.7 Å². The molecule has 1 unspecified atom stereocenters. The number of anilines is 1. The van der Waals surface area contributed by atoms with Gasteiger partial charge in [-0.3, -0.25) is 14.5 Å². The van der Waals surface area contributed by atoms with Gasteiger partial charge in [0.05, 0.1) is 32.9 Å². The number of aryl methyl sites for hydroxylation is 1. The first-order valence-electron chi connectivity index (χ1n) is 12.1. The smallest absolute Gasteiger partial charge is 0.296 e. The van der Waals surface area contributed by atoms with Crippen LogP contribution in [0.5, 0.6) is 17.2 Å². The van der Waals surface area contributed by atoms with E-state index in [0.717, 1.165) is 11.3 Å². The lowest BCUT2D eigenvalue weighted by molar-refractivity contribution is -0.117. The third-order valence-electron chi connectivity index (χ3n) is 6.33. The number of Topliss-reactive ketones (excluding diaryl/α,β-unsaturated/α-hetero) is 1. The molecule has 13 heteroatoms. The maximum Gasteiger partial charge on any atom is 0.296 e. The molecule has 2 aromatic carbocycles. The Bertz CT molecular complexity index is 1640. The fourth-order valence-corrected chi connectivity index (χ4v) is 6.27. The van der Waals surface area contributed by atoms with Gasteiger partial charge in [-0.25, -0.2) is 4.39 Å². The van der Waals surface area contributed by atoms with Crippen molar-refractivity contribution in [2.75, 3.05) is 26.2 Å². The highest BCUT2D eigenvalue weighted by molar-refractivity contribution is 8.00. The van der Waals surface area contributed by atoms with Crippen molar-refractivity contribution in [1.29, 1.82) is 0 Å². The van der Waals surface area contributed by atoms with Crippen LogP contribution in [0, 0.1) is 12.7 Å². The van der Waals surface area contributed by atoms with Crippen molar-refractivity contribution in [2.24, 2.45) is 0 Å². The predicted molar refractivity (Wildman–Crippen MR) is 150 cm³/mol. The number of hydrogen-bond acceptors (Lipinski definition) is 11. The molecule has 0 bridgehead atoms. The van der Waals surface area contributed by atoms with E-state index in [2.05, 4.69) is 10.2 Å². The molecule has 0 fully saturated rings. The summed E-state index contributed by atoms with van der Waals surface area (Å²) in [5, 5.41) is 19.5. The van der Waals surface area contributed by atoms with Gasteiger partial charge in [0.2, 0.25) is 16.7 Å². The van der Waals surface area contributed by atoms with Crippen LogP contribution in [0.1, 0.15) is 33.5 Å². The number of carbonyl (C=O) groups excluding carboxylic acids is 2. The number of thioether (sulfide) groups is 1. The second-order valence-corrected chi connectivity index (χ2v) is 10.9. The molecule has 2 aromatic heterocycles. The highest BCUT2D eigenvalue weighted by atomic mass is 32.2. The molecule has 41 heavy (non-hydrogen) atoms. The van der Waals surface area contributed by atoms with Crippen LogP contribution in [0.15, 0.2) is 68.6 Å². The van der Waals surface area contributed by atoms with Crippen LogP contribution in [0.25, 0.3) is 0 Å².